The minimum atomic E-state index is -0.103. The van der Waals surface area contributed by atoms with Gasteiger partial charge in [0.25, 0.3) is 0 Å². The van der Waals surface area contributed by atoms with Gasteiger partial charge in [-0.1, -0.05) is 36.5 Å². The summed E-state index contributed by atoms with van der Waals surface area (Å²) in [5, 5.41) is 0. The standard InChI is InChI=1S/C37H48N2O8/c1-26(2)46-36-30(42-5)22-28(23-31(36)43-6)14-9-11-16-34(40)38-18-13-19-39(21-20-38)35(41)17-12-10-15-29-24-32(44-7)37(47-27(3)4)33(25-29)45-8/h9-12,14-17,22-27H,13,18-21H2,1-8H3. The van der Waals surface area contributed by atoms with Crippen LogP contribution in [0, 0.1) is 0 Å². The predicted octanol–water partition coefficient (Wildman–Crippen LogP) is 6.20. The van der Waals surface area contributed by atoms with Crippen LogP contribution in [-0.4, -0.2) is 88.4 Å². The third kappa shape index (κ3) is 10.9. The van der Waals surface area contributed by atoms with Crippen LogP contribution in [0.5, 0.6) is 34.5 Å². The maximum absolute atomic E-state index is 12.9. The Morgan fingerprint density at radius 3 is 1.21 bits per heavy atom. The van der Waals surface area contributed by atoms with E-state index in [2.05, 4.69) is 0 Å². The number of rotatable bonds is 14. The molecule has 2 aromatic rings. The third-order valence-electron chi connectivity index (χ3n) is 7.07. The highest BCUT2D eigenvalue weighted by atomic mass is 16.5. The van der Waals surface area contributed by atoms with Gasteiger partial charge in [-0.25, -0.2) is 0 Å². The molecule has 254 valence electrons. The lowest BCUT2D eigenvalue weighted by molar-refractivity contribution is -0.128. The van der Waals surface area contributed by atoms with E-state index in [9.17, 15) is 9.59 Å². The molecule has 1 heterocycles. The zero-order valence-electron chi connectivity index (χ0n) is 28.8. The second-order valence-corrected chi connectivity index (χ2v) is 11.3. The van der Waals surface area contributed by atoms with Gasteiger partial charge >= 0.3 is 0 Å². The summed E-state index contributed by atoms with van der Waals surface area (Å²) in [4.78, 5) is 29.3. The van der Waals surface area contributed by atoms with Crippen LogP contribution in [-0.2, 0) is 9.59 Å². The van der Waals surface area contributed by atoms with Crippen LogP contribution in [0.4, 0.5) is 0 Å². The number of amides is 2. The Labute approximate surface area is 278 Å². The summed E-state index contributed by atoms with van der Waals surface area (Å²) >= 11 is 0. The van der Waals surface area contributed by atoms with Crippen LogP contribution in [0.1, 0.15) is 45.2 Å². The first-order chi connectivity index (χ1) is 22.6. The number of nitrogens with zero attached hydrogens (tertiary/aromatic N) is 2. The van der Waals surface area contributed by atoms with E-state index in [0.29, 0.717) is 67.1 Å². The van der Waals surface area contributed by atoms with E-state index in [4.69, 9.17) is 28.4 Å². The van der Waals surface area contributed by atoms with Gasteiger partial charge in [0.2, 0.25) is 23.3 Å². The molecular weight excluding hydrogens is 600 g/mol. The summed E-state index contributed by atoms with van der Waals surface area (Å²) in [5.41, 5.74) is 1.68. The first-order valence-electron chi connectivity index (χ1n) is 15.7. The fraction of sp³-hybridized carbons (Fsp3) is 0.405. The number of carbonyl (C=O) groups excluding carboxylic acids is 2. The molecular formula is C37H48N2O8. The lowest BCUT2D eigenvalue weighted by atomic mass is 10.1. The smallest absolute Gasteiger partial charge is 0.246 e. The number of ether oxygens (including phenoxy) is 6. The Bertz CT molecular complexity index is 1320. The highest BCUT2D eigenvalue weighted by Crippen LogP contribution is 2.40. The van der Waals surface area contributed by atoms with E-state index in [0.717, 1.165) is 11.1 Å². The first kappa shape index (κ1) is 36.6. The Kier molecular flexibility index (Phi) is 14.3. The van der Waals surface area contributed by atoms with E-state index < -0.39 is 0 Å². The lowest BCUT2D eigenvalue weighted by Crippen LogP contribution is -2.36. The van der Waals surface area contributed by atoms with Gasteiger partial charge in [0, 0.05) is 38.3 Å². The van der Waals surface area contributed by atoms with Gasteiger partial charge < -0.3 is 38.2 Å². The molecule has 0 unspecified atom stereocenters. The van der Waals surface area contributed by atoms with Crippen molar-refractivity contribution in [1.29, 1.82) is 0 Å². The largest absolute Gasteiger partial charge is 0.493 e. The van der Waals surface area contributed by atoms with Crippen LogP contribution < -0.4 is 28.4 Å². The molecule has 1 aliphatic heterocycles. The van der Waals surface area contributed by atoms with Crippen molar-refractivity contribution >= 4 is 24.0 Å². The minimum absolute atomic E-state index is 0.0355. The second kappa shape index (κ2) is 18.3. The number of carbonyl (C=O) groups is 2. The van der Waals surface area contributed by atoms with Gasteiger partial charge in [0.05, 0.1) is 40.6 Å². The van der Waals surface area contributed by atoms with Crippen molar-refractivity contribution in [2.75, 3.05) is 54.6 Å². The molecule has 2 amide bonds. The van der Waals surface area contributed by atoms with Crippen molar-refractivity contribution in [2.24, 2.45) is 0 Å². The van der Waals surface area contributed by atoms with Crippen molar-refractivity contribution in [1.82, 2.24) is 9.80 Å². The van der Waals surface area contributed by atoms with Gasteiger partial charge in [-0.2, -0.15) is 0 Å². The van der Waals surface area contributed by atoms with Crippen LogP contribution >= 0.6 is 0 Å². The average Bonchev–Trinajstić information content (AvgIpc) is 3.32. The highest BCUT2D eigenvalue weighted by molar-refractivity contribution is 5.89. The lowest BCUT2D eigenvalue weighted by Gasteiger charge is -2.20. The topological polar surface area (TPSA) is 96.0 Å². The molecule has 0 radical (unpaired) electrons. The predicted molar refractivity (Wildman–Crippen MR) is 185 cm³/mol. The Morgan fingerprint density at radius 1 is 0.574 bits per heavy atom. The summed E-state index contributed by atoms with van der Waals surface area (Å²) < 4.78 is 33.7. The number of methoxy groups -OCH3 is 4. The minimum Gasteiger partial charge on any atom is -0.493 e. The number of allylic oxidation sites excluding steroid dienone is 4. The number of hydrogen-bond acceptors (Lipinski definition) is 8. The van der Waals surface area contributed by atoms with E-state index in [-0.39, 0.29) is 24.0 Å². The monoisotopic (exact) mass is 648 g/mol. The zero-order chi connectivity index (χ0) is 34.3. The molecule has 0 spiro atoms. The zero-order valence-corrected chi connectivity index (χ0v) is 28.8. The van der Waals surface area contributed by atoms with Crippen LogP contribution in [0.25, 0.3) is 12.2 Å². The van der Waals surface area contributed by atoms with Crippen molar-refractivity contribution in [2.45, 2.75) is 46.3 Å². The summed E-state index contributed by atoms with van der Waals surface area (Å²) in [6.45, 7) is 9.81. The van der Waals surface area contributed by atoms with Crippen molar-refractivity contribution in [3.8, 4) is 34.5 Å². The molecule has 0 N–H and O–H groups in total. The second-order valence-electron chi connectivity index (χ2n) is 11.3. The summed E-state index contributed by atoms with van der Waals surface area (Å²) in [5.74, 6) is 3.16. The molecule has 0 bridgehead atoms. The Balaban J connectivity index is 1.56. The maximum atomic E-state index is 12.9. The van der Waals surface area contributed by atoms with E-state index in [1.807, 2.05) is 64.1 Å². The molecule has 0 aliphatic carbocycles. The average molecular weight is 649 g/mol. The van der Waals surface area contributed by atoms with Crippen molar-refractivity contribution in [3.63, 3.8) is 0 Å². The summed E-state index contributed by atoms with van der Waals surface area (Å²) in [6, 6.07) is 7.41. The van der Waals surface area contributed by atoms with E-state index in [1.165, 1.54) is 12.2 Å². The summed E-state index contributed by atoms with van der Waals surface area (Å²) in [7, 11) is 6.33. The first-order valence-corrected chi connectivity index (χ1v) is 15.7. The molecule has 47 heavy (non-hydrogen) atoms. The van der Waals surface area contributed by atoms with Gasteiger partial charge in [0.15, 0.2) is 23.0 Å². The van der Waals surface area contributed by atoms with Crippen LogP contribution in [0.2, 0.25) is 0 Å². The van der Waals surface area contributed by atoms with Gasteiger partial charge in [-0.05, 0) is 69.5 Å². The van der Waals surface area contributed by atoms with E-state index >= 15 is 0 Å². The van der Waals surface area contributed by atoms with Crippen LogP contribution in [0.15, 0.2) is 60.7 Å². The molecule has 2 aromatic carbocycles. The molecule has 1 fully saturated rings. The fourth-order valence-corrected chi connectivity index (χ4v) is 4.87. The molecule has 0 atom stereocenters. The van der Waals surface area contributed by atoms with Crippen molar-refractivity contribution < 1.29 is 38.0 Å². The highest BCUT2D eigenvalue weighted by Gasteiger charge is 2.20. The molecule has 0 aromatic heterocycles. The molecule has 1 aliphatic rings. The molecule has 10 nitrogen and oxygen atoms in total. The Morgan fingerprint density at radius 2 is 0.915 bits per heavy atom. The number of hydrogen-bond donors (Lipinski definition) is 0. The number of benzene rings is 2. The molecule has 0 saturated carbocycles. The Hall–Kier alpha value is -4.86. The normalized spacial score (nSPS) is 14.1. The fourth-order valence-electron chi connectivity index (χ4n) is 4.87. The summed E-state index contributed by atoms with van der Waals surface area (Å²) in [6.07, 6.45) is 14.4. The van der Waals surface area contributed by atoms with E-state index in [1.54, 1.807) is 62.5 Å². The quantitative estimate of drug-likeness (QED) is 0.177. The SMILES string of the molecule is COc1cc(C=CC=CC(=O)N2CCCN(C(=O)C=CC=Cc3cc(OC)c(OC(C)C)c(OC)c3)CC2)cc(OC)c1OC(C)C. The van der Waals surface area contributed by atoms with Gasteiger partial charge in [-0.15, -0.1) is 0 Å². The molecule has 3 rings (SSSR count). The molecule has 1 saturated heterocycles. The van der Waals surface area contributed by atoms with Gasteiger partial charge in [0.1, 0.15) is 0 Å². The van der Waals surface area contributed by atoms with Crippen LogP contribution in [0.3, 0.4) is 0 Å². The third-order valence-corrected chi connectivity index (χ3v) is 7.07. The van der Waals surface area contributed by atoms with Gasteiger partial charge in [-0.3, -0.25) is 9.59 Å². The maximum Gasteiger partial charge on any atom is 0.246 e. The molecule has 10 heteroatoms. The van der Waals surface area contributed by atoms with Crippen molar-refractivity contribution in [3.05, 3.63) is 71.8 Å².